The van der Waals surface area contributed by atoms with Crippen molar-refractivity contribution in [2.45, 2.75) is 0 Å². The molecule has 0 aliphatic rings. The summed E-state index contributed by atoms with van der Waals surface area (Å²) in [6, 6.07) is 22.6. The van der Waals surface area contributed by atoms with Crippen molar-refractivity contribution in [2.24, 2.45) is 0 Å². The second kappa shape index (κ2) is 6.91. The smallest absolute Gasteiger partial charge is 0.134 e. The number of thiazole rings is 1. The summed E-state index contributed by atoms with van der Waals surface area (Å²) in [5.74, 6) is -0.280. The molecule has 0 fully saturated rings. The van der Waals surface area contributed by atoms with Crippen LogP contribution in [0.25, 0.3) is 33.7 Å². The minimum Gasteiger partial charge on any atom is -0.235 e. The van der Waals surface area contributed by atoms with Gasteiger partial charge in [0.1, 0.15) is 16.9 Å². The van der Waals surface area contributed by atoms with Gasteiger partial charge in [0.25, 0.3) is 0 Å². The summed E-state index contributed by atoms with van der Waals surface area (Å²) in [5, 5.41) is 14.4. The van der Waals surface area contributed by atoms with Crippen molar-refractivity contribution in [1.29, 1.82) is 5.26 Å². The normalized spacial score (nSPS) is 11.5. The third-order valence-electron chi connectivity index (χ3n) is 4.12. The predicted molar refractivity (Wildman–Crippen MR) is 105 cm³/mol. The van der Waals surface area contributed by atoms with Crippen molar-refractivity contribution in [3.63, 3.8) is 0 Å². The van der Waals surface area contributed by atoms with E-state index in [9.17, 15) is 9.65 Å². The van der Waals surface area contributed by atoms with Crippen LogP contribution >= 0.6 is 11.3 Å². The number of benzene rings is 3. The van der Waals surface area contributed by atoms with E-state index in [1.54, 1.807) is 12.1 Å². The maximum atomic E-state index is 13.1. The Labute approximate surface area is 154 Å². The Hall–Kier alpha value is -3.29. The number of allylic oxidation sites excluding steroid dienone is 1. The molecule has 0 unspecified atom stereocenters. The van der Waals surface area contributed by atoms with Crippen LogP contribution in [0, 0.1) is 17.1 Å². The van der Waals surface area contributed by atoms with Gasteiger partial charge in [-0.05, 0) is 46.7 Å². The molecule has 4 heteroatoms. The zero-order valence-corrected chi connectivity index (χ0v) is 14.5. The molecular weight excluding hydrogens is 343 g/mol. The van der Waals surface area contributed by atoms with Crippen LogP contribution in [0.1, 0.15) is 10.6 Å². The lowest BCUT2D eigenvalue weighted by atomic mass is 10.0. The molecule has 0 bridgehead atoms. The van der Waals surface area contributed by atoms with Gasteiger partial charge in [-0.1, -0.05) is 42.5 Å². The molecule has 1 heterocycles. The van der Waals surface area contributed by atoms with E-state index in [-0.39, 0.29) is 5.82 Å². The fourth-order valence-corrected chi connectivity index (χ4v) is 3.62. The summed E-state index contributed by atoms with van der Waals surface area (Å²) < 4.78 is 13.1. The van der Waals surface area contributed by atoms with Gasteiger partial charge in [0.05, 0.1) is 11.3 Å². The monoisotopic (exact) mass is 356 g/mol. The number of hydrogen-bond acceptors (Lipinski definition) is 3. The van der Waals surface area contributed by atoms with Crippen LogP contribution in [0.4, 0.5) is 4.39 Å². The van der Waals surface area contributed by atoms with Crippen molar-refractivity contribution >= 4 is 33.8 Å². The average Bonchev–Trinajstić information content (AvgIpc) is 3.16. The molecule has 0 atom stereocenters. The molecule has 0 N–H and O–H groups in total. The minimum atomic E-state index is -0.280. The van der Waals surface area contributed by atoms with Crippen LogP contribution in [-0.2, 0) is 0 Å². The molecule has 124 valence electrons. The highest BCUT2D eigenvalue weighted by Gasteiger charge is 2.10. The highest BCUT2D eigenvalue weighted by atomic mass is 32.1. The molecule has 0 spiro atoms. The van der Waals surface area contributed by atoms with E-state index in [0.29, 0.717) is 10.6 Å². The lowest BCUT2D eigenvalue weighted by Gasteiger charge is -2.02. The summed E-state index contributed by atoms with van der Waals surface area (Å²) in [6.45, 7) is 0. The summed E-state index contributed by atoms with van der Waals surface area (Å²) in [4.78, 5) is 4.56. The van der Waals surface area contributed by atoms with Gasteiger partial charge in [-0.3, -0.25) is 0 Å². The number of halogens is 1. The van der Waals surface area contributed by atoms with Crippen molar-refractivity contribution < 1.29 is 4.39 Å². The molecule has 0 saturated carbocycles. The highest BCUT2D eigenvalue weighted by Crippen LogP contribution is 2.29. The zero-order chi connectivity index (χ0) is 17.9. The number of aromatic nitrogens is 1. The lowest BCUT2D eigenvalue weighted by molar-refractivity contribution is 0.628. The third kappa shape index (κ3) is 3.13. The van der Waals surface area contributed by atoms with Gasteiger partial charge in [0, 0.05) is 10.9 Å². The summed E-state index contributed by atoms with van der Waals surface area (Å²) >= 11 is 1.41. The summed E-state index contributed by atoms with van der Waals surface area (Å²) in [6.07, 6.45) is 1.87. The lowest BCUT2D eigenvalue weighted by Crippen LogP contribution is -1.84. The third-order valence-corrected chi connectivity index (χ3v) is 4.99. The van der Waals surface area contributed by atoms with Gasteiger partial charge < -0.3 is 0 Å². The predicted octanol–water partition coefficient (Wildman–Crippen LogP) is 6.17. The van der Waals surface area contributed by atoms with Crippen LogP contribution in [0.15, 0.2) is 72.1 Å². The van der Waals surface area contributed by atoms with Gasteiger partial charge in [0.2, 0.25) is 0 Å². The average molecular weight is 356 g/mol. The molecule has 0 radical (unpaired) electrons. The second-order valence-corrected chi connectivity index (χ2v) is 6.64. The molecule has 4 rings (SSSR count). The Morgan fingerprint density at radius 2 is 1.77 bits per heavy atom. The minimum absolute atomic E-state index is 0.280. The molecular formula is C22H13FN2S. The quantitative estimate of drug-likeness (QED) is 0.412. The van der Waals surface area contributed by atoms with Crippen LogP contribution < -0.4 is 0 Å². The van der Waals surface area contributed by atoms with Crippen LogP contribution in [0.2, 0.25) is 0 Å². The molecule has 0 aliphatic carbocycles. The van der Waals surface area contributed by atoms with Gasteiger partial charge in [-0.25, -0.2) is 9.37 Å². The maximum absolute atomic E-state index is 13.1. The second-order valence-electron chi connectivity index (χ2n) is 5.78. The molecule has 26 heavy (non-hydrogen) atoms. The Balaban J connectivity index is 1.75. The molecule has 4 aromatic rings. The Morgan fingerprint density at radius 1 is 1.00 bits per heavy atom. The summed E-state index contributed by atoms with van der Waals surface area (Å²) in [7, 11) is 0. The van der Waals surface area contributed by atoms with Crippen LogP contribution in [0.5, 0.6) is 0 Å². The Bertz CT molecular complexity index is 1150. The molecule has 0 amide bonds. The molecule has 0 aliphatic heterocycles. The number of hydrogen-bond donors (Lipinski definition) is 0. The largest absolute Gasteiger partial charge is 0.235 e. The Kier molecular flexibility index (Phi) is 4.30. The standard InChI is InChI=1S/C22H13FN2S/c23-19-10-8-16(9-11-19)21-14-26-22(25-21)18(13-24)12-17-6-3-5-15-4-1-2-7-20(15)17/h1-12,14H/b18-12-. The van der Waals surface area contributed by atoms with E-state index in [1.165, 1.54) is 23.5 Å². The van der Waals surface area contributed by atoms with Gasteiger partial charge in [0.15, 0.2) is 0 Å². The fraction of sp³-hybridized carbons (Fsp3) is 0. The Morgan fingerprint density at radius 3 is 2.58 bits per heavy atom. The van der Waals surface area contributed by atoms with Crippen molar-refractivity contribution in [3.05, 3.63) is 88.5 Å². The van der Waals surface area contributed by atoms with E-state index in [0.717, 1.165) is 27.6 Å². The van der Waals surface area contributed by atoms with Crippen molar-refractivity contribution in [2.75, 3.05) is 0 Å². The van der Waals surface area contributed by atoms with E-state index in [2.05, 4.69) is 23.2 Å². The van der Waals surface area contributed by atoms with Gasteiger partial charge in [-0.15, -0.1) is 11.3 Å². The highest BCUT2D eigenvalue weighted by molar-refractivity contribution is 7.11. The van der Waals surface area contributed by atoms with E-state index < -0.39 is 0 Å². The zero-order valence-electron chi connectivity index (χ0n) is 13.7. The van der Waals surface area contributed by atoms with E-state index >= 15 is 0 Å². The van der Waals surface area contributed by atoms with Crippen LogP contribution in [-0.4, -0.2) is 4.98 Å². The first-order valence-corrected chi connectivity index (χ1v) is 8.94. The first-order valence-electron chi connectivity index (χ1n) is 8.06. The maximum Gasteiger partial charge on any atom is 0.134 e. The van der Waals surface area contributed by atoms with Gasteiger partial charge >= 0.3 is 0 Å². The molecule has 0 saturated heterocycles. The number of fused-ring (bicyclic) bond motifs is 1. The fourth-order valence-electron chi connectivity index (χ4n) is 2.82. The number of nitrogens with zero attached hydrogens (tertiary/aromatic N) is 2. The van der Waals surface area contributed by atoms with E-state index in [1.807, 2.05) is 41.8 Å². The molecule has 3 aromatic carbocycles. The van der Waals surface area contributed by atoms with Crippen molar-refractivity contribution in [1.82, 2.24) is 4.98 Å². The topological polar surface area (TPSA) is 36.7 Å². The first kappa shape index (κ1) is 16.2. The van der Waals surface area contributed by atoms with E-state index in [4.69, 9.17) is 0 Å². The summed E-state index contributed by atoms with van der Waals surface area (Å²) in [5.41, 5.74) is 3.07. The molecule has 1 aromatic heterocycles. The SMILES string of the molecule is N#C/C(=C/c1cccc2ccccc12)c1nc(-c2ccc(F)cc2)cs1. The van der Waals surface area contributed by atoms with Crippen LogP contribution in [0.3, 0.4) is 0 Å². The number of rotatable bonds is 3. The number of nitriles is 1. The van der Waals surface area contributed by atoms with Gasteiger partial charge in [-0.2, -0.15) is 5.26 Å². The van der Waals surface area contributed by atoms with Crippen molar-refractivity contribution in [3.8, 4) is 17.3 Å². The first-order chi connectivity index (χ1) is 12.7. The molecule has 2 nitrogen and oxygen atoms in total.